The first-order chi connectivity index (χ1) is 4.12. The second kappa shape index (κ2) is 2.42. The van der Waals surface area contributed by atoms with Gasteiger partial charge in [0.25, 0.3) is 3.91 Å². The summed E-state index contributed by atoms with van der Waals surface area (Å²) >= 11 is 1.65. The molecule has 1 saturated carbocycles. The Labute approximate surface area is 67.0 Å². The van der Waals surface area contributed by atoms with Crippen LogP contribution in [0.5, 0.6) is 0 Å². The zero-order chi connectivity index (χ0) is 6.91. The number of hydrogen-bond acceptors (Lipinski definition) is 2. The van der Waals surface area contributed by atoms with Gasteiger partial charge in [-0.3, -0.25) is 4.79 Å². The molecule has 1 aliphatic rings. The van der Waals surface area contributed by atoms with Gasteiger partial charge in [-0.25, -0.2) is 0 Å². The molecule has 2 N–H and O–H groups in total. The quantitative estimate of drug-likeness (QED) is 0.423. The van der Waals surface area contributed by atoms with Crippen molar-refractivity contribution in [2.45, 2.75) is 18.4 Å². The van der Waals surface area contributed by atoms with Gasteiger partial charge in [0.05, 0.1) is 5.60 Å². The Balaban J connectivity index is 2.12. The molecular formula is C5H8INO2. The number of nitrogens with one attached hydrogen (secondary N) is 1. The third-order valence-corrected chi connectivity index (χ3v) is 1.76. The molecule has 3 nitrogen and oxygen atoms in total. The molecule has 1 aliphatic carbocycles. The van der Waals surface area contributed by atoms with Gasteiger partial charge in [0, 0.05) is 29.1 Å². The topological polar surface area (TPSA) is 49.3 Å². The normalized spacial score (nSPS) is 21.1. The fourth-order valence-electron chi connectivity index (χ4n) is 0.555. The SMILES string of the molecule is O=C(I)NCC1(O)CC1. The van der Waals surface area contributed by atoms with Crippen molar-refractivity contribution in [1.82, 2.24) is 5.32 Å². The van der Waals surface area contributed by atoms with Crippen molar-refractivity contribution in [2.24, 2.45) is 0 Å². The molecule has 52 valence electrons. The van der Waals surface area contributed by atoms with E-state index in [0.717, 1.165) is 12.8 Å². The number of hydrogen-bond donors (Lipinski definition) is 2. The van der Waals surface area contributed by atoms with Crippen LogP contribution in [0.3, 0.4) is 0 Å². The van der Waals surface area contributed by atoms with E-state index >= 15 is 0 Å². The highest BCUT2D eigenvalue weighted by Crippen LogP contribution is 2.33. The van der Waals surface area contributed by atoms with Gasteiger partial charge in [-0.2, -0.15) is 0 Å². The minimum Gasteiger partial charge on any atom is -0.388 e. The first-order valence-electron chi connectivity index (χ1n) is 2.78. The number of carbonyl (C=O) groups is 1. The number of rotatable bonds is 2. The van der Waals surface area contributed by atoms with E-state index in [2.05, 4.69) is 5.32 Å². The van der Waals surface area contributed by atoms with E-state index in [1.807, 2.05) is 0 Å². The van der Waals surface area contributed by atoms with E-state index in [0.29, 0.717) is 6.54 Å². The maximum absolute atomic E-state index is 10.3. The maximum atomic E-state index is 10.3. The zero-order valence-electron chi connectivity index (χ0n) is 4.85. The van der Waals surface area contributed by atoms with Crippen molar-refractivity contribution in [1.29, 1.82) is 0 Å². The maximum Gasteiger partial charge on any atom is 0.280 e. The lowest BCUT2D eigenvalue weighted by atomic mass is 10.3. The molecule has 0 spiro atoms. The van der Waals surface area contributed by atoms with Crippen LogP contribution in [0.25, 0.3) is 0 Å². The predicted molar refractivity (Wildman–Crippen MR) is 41.6 cm³/mol. The highest BCUT2D eigenvalue weighted by molar-refractivity contribution is 14.1. The molecule has 0 aromatic heterocycles. The molecule has 4 heteroatoms. The van der Waals surface area contributed by atoms with E-state index in [4.69, 9.17) is 5.11 Å². The molecule has 1 fully saturated rings. The third kappa shape index (κ3) is 2.49. The number of halogens is 1. The number of aliphatic hydroxyl groups is 1. The van der Waals surface area contributed by atoms with E-state index < -0.39 is 5.60 Å². The number of amides is 1. The Morgan fingerprint density at radius 2 is 2.33 bits per heavy atom. The lowest BCUT2D eigenvalue weighted by Gasteiger charge is -2.05. The van der Waals surface area contributed by atoms with Crippen molar-refractivity contribution in [3.05, 3.63) is 0 Å². The molecule has 0 aromatic rings. The van der Waals surface area contributed by atoms with Crippen LogP contribution in [-0.2, 0) is 0 Å². The standard InChI is InChI=1S/C5H8INO2/c6-4(8)7-3-5(9)1-2-5/h9H,1-3H2,(H,7,8). The number of carbonyl (C=O) groups excluding carboxylic acids is 1. The van der Waals surface area contributed by atoms with Crippen LogP contribution in [-0.4, -0.2) is 21.2 Å². The van der Waals surface area contributed by atoms with Crippen molar-refractivity contribution < 1.29 is 9.90 Å². The molecule has 9 heavy (non-hydrogen) atoms. The molecule has 0 heterocycles. The van der Waals surface area contributed by atoms with Crippen LogP contribution in [0.4, 0.5) is 4.79 Å². The lowest BCUT2D eigenvalue weighted by Crippen LogP contribution is -2.29. The van der Waals surface area contributed by atoms with Gasteiger partial charge >= 0.3 is 0 Å². The summed E-state index contributed by atoms with van der Waals surface area (Å²) in [6.07, 6.45) is 1.65. The van der Waals surface area contributed by atoms with Crippen molar-refractivity contribution in [3.63, 3.8) is 0 Å². The van der Waals surface area contributed by atoms with E-state index in [9.17, 15) is 4.79 Å². The van der Waals surface area contributed by atoms with Crippen LogP contribution in [0, 0.1) is 0 Å². The summed E-state index contributed by atoms with van der Waals surface area (Å²) in [6.45, 7) is 0.411. The van der Waals surface area contributed by atoms with Gasteiger partial charge in [-0.05, 0) is 12.8 Å². The molecule has 0 bridgehead atoms. The van der Waals surface area contributed by atoms with Crippen molar-refractivity contribution in [2.75, 3.05) is 6.54 Å². The summed E-state index contributed by atoms with van der Waals surface area (Å²) in [5, 5.41) is 11.7. The smallest absolute Gasteiger partial charge is 0.280 e. The molecule has 0 aromatic carbocycles. The van der Waals surface area contributed by atoms with E-state index in [-0.39, 0.29) is 3.91 Å². The summed E-state index contributed by atoms with van der Waals surface area (Å²) in [4.78, 5) is 10.3. The Morgan fingerprint density at radius 1 is 1.78 bits per heavy atom. The summed E-state index contributed by atoms with van der Waals surface area (Å²) in [6, 6.07) is 0. The van der Waals surface area contributed by atoms with Crippen molar-refractivity contribution >= 4 is 26.5 Å². The Kier molecular flexibility index (Phi) is 1.95. The Hall–Kier alpha value is 0.160. The first kappa shape index (κ1) is 7.27. The highest BCUT2D eigenvalue weighted by atomic mass is 127. The molecule has 0 radical (unpaired) electrons. The summed E-state index contributed by atoms with van der Waals surface area (Å²) in [5.41, 5.74) is -0.555. The zero-order valence-corrected chi connectivity index (χ0v) is 7.01. The molecular weight excluding hydrogens is 233 g/mol. The predicted octanol–water partition coefficient (Wildman–Crippen LogP) is 0.656. The average molecular weight is 241 g/mol. The largest absolute Gasteiger partial charge is 0.388 e. The van der Waals surface area contributed by atoms with Crippen LogP contribution in [0.15, 0.2) is 0 Å². The van der Waals surface area contributed by atoms with E-state index in [1.165, 1.54) is 0 Å². The fraction of sp³-hybridized carbons (Fsp3) is 0.800. The minimum absolute atomic E-state index is 0.104. The Morgan fingerprint density at radius 3 is 2.67 bits per heavy atom. The Bertz CT molecular complexity index is 133. The molecule has 1 rings (SSSR count). The van der Waals surface area contributed by atoms with Gasteiger partial charge < -0.3 is 10.4 Å². The highest BCUT2D eigenvalue weighted by Gasteiger charge is 2.40. The molecule has 0 aliphatic heterocycles. The van der Waals surface area contributed by atoms with Gasteiger partial charge in [0.2, 0.25) is 0 Å². The van der Waals surface area contributed by atoms with Crippen molar-refractivity contribution in [3.8, 4) is 0 Å². The second-order valence-corrected chi connectivity index (χ2v) is 3.33. The minimum atomic E-state index is -0.555. The first-order valence-corrected chi connectivity index (χ1v) is 3.86. The van der Waals surface area contributed by atoms with Crippen LogP contribution < -0.4 is 5.32 Å². The van der Waals surface area contributed by atoms with Crippen LogP contribution in [0.1, 0.15) is 12.8 Å². The van der Waals surface area contributed by atoms with Gasteiger partial charge in [-0.1, -0.05) is 0 Å². The molecule has 0 atom stereocenters. The summed E-state index contributed by atoms with van der Waals surface area (Å²) < 4.78 is -0.104. The monoisotopic (exact) mass is 241 g/mol. The van der Waals surface area contributed by atoms with E-state index in [1.54, 1.807) is 22.6 Å². The van der Waals surface area contributed by atoms with Gasteiger partial charge in [0.15, 0.2) is 0 Å². The third-order valence-electron chi connectivity index (χ3n) is 1.38. The molecule has 0 saturated heterocycles. The second-order valence-electron chi connectivity index (χ2n) is 2.35. The molecule has 0 unspecified atom stereocenters. The molecule has 1 amide bonds. The van der Waals surface area contributed by atoms with Gasteiger partial charge in [-0.15, -0.1) is 0 Å². The van der Waals surface area contributed by atoms with Crippen LogP contribution >= 0.6 is 22.6 Å². The van der Waals surface area contributed by atoms with Gasteiger partial charge in [0.1, 0.15) is 0 Å². The summed E-state index contributed by atoms with van der Waals surface area (Å²) in [7, 11) is 0. The fourth-order valence-corrected chi connectivity index (χ4v) is 0.746. The summed E-state index contributed by atoms with van der Waals surface area (Å²) in [5.74, 6) is 0. The van der Waals surface area contributed by atoms with Crippen LogP contribution in [0.2, 0.25) is 0 Å². The average Bonchev–Trinajstić information content (AvgIpc) is 2.45. The lowest BCUT2D eigenvalue weighted by molar-refractivity contribution is 0.151.